The Hall–Kier alpha value is -1.93. The van der Waals surface area contributed by atoms with Gasteiger partial charge in [0.1, 0.15) is 5.84 Å². The van der Waals surface area contributed by atoms with Crippen molar-refractivity contribution >= 4 is 21.8 Å². The Morgan fingerprint density at radius 2 is 1.48 bits per heavy atom. The Morgan fingerprint density at radius 3 is 2.03 bits per heavy atom. The van der Waals surface area contributed by atoms with Crippen molar-refractivity contribution in [3.8, 4) is 0 Å². The molecule has 7 nitrogen and oxygen atoms in total. The number of rotatable bonds is 13. The van der Waals surface area contributed by atoms with Crippen molar-refractivity contribution in [3.63, 3.8) is 0 Å². The topological polar surface area (TPSA) is 108 Å². The van der Waals surface area contributed by atoms with Crippen LogP contribution in [0.2, 0.25) is 0 Å². The van der Waals surface area contributed by atoms with E-state index in [2.05, 4.69) is 6.92 Å². The van der Waals surface area contributed by atoms with Crippen LogP contribution in [-0.4, -0.2) is 61.3 Å². The number of unbranched alkanes of at least 4 members (excludes halogenated alkanes) is 7. The fourth-order valence-electron chi connectivity index (χ4n) is 3.85. The molecule has 0 radical (unpaired) electrons. The minimum absolute atomic E-state index is 0.00202. The summed E-state index contributed by atoms with van der Waals surface area (Å²) in [6.45, 7) is 3.81. The van der Waals surface area contributed by atoms with Gasteiger partial charge in [-0.1, -0.05) is 76.1 Å². The lowest BCUT2D eigenvalue weighted by molar-refractivity contribution is -0.131. The van der Waals surface area contributed by atoms with Gasteiger partial charge in [-0.3, -0.25) is 10.2 Å². The van der Waals surface area contributed by atoms with Gasteiger partial charge >= 0.3 is 0 Å². The average molecular weight is 451 g/mol. The summed E-state index contributed by atoms with van der Waals surface area (Å²) in [7, 11) is -3.24. The van der Waals surface area contributed by atoms with Crippen molar-refractivity contribution in [1.82, 2.24) is 9.21 Å². The Labute approximate surface area is 187 Å². The van der Waals surface area contributed by atoms with Crippen LogP contribution >= 0.6 is 0 Å². The minimum atomic E-state index is -3.24. The number of nitrogens with two attached hydrogens (primary N) is 1. The average Bonchev–Trinajstić information content (AvgIpc) is 2.76. The molecule has 1 aromatic rings. The second kappa shape index (κ2) is 12.8. The molecule has 0 bridgehead atoms. The van der Waals surface area contributed by atoms with Crippen LogP contribution in [0.15, 0.2) is 24.3 Å². The minimum Gasteiger partial charge on any atom is -0.384 e. The van der Waals surface area contributed by atoms with Gasteiger partial charge in [0, 0.05) is 31.7 Å². The van der Waals surface area contributed by atoms with Gasteiger partial charge in [0.05, 0.1) is 12.2 Å². The van der Waals surface area contributed by atoms with Gasteiger partial charge in [0.2, 0.25) is 15.9 Å². The van der Waals surface area contributed by atoms with Crippen molar-refractivity contribution in [1.29, 1.82) is 5.41 Å². The predicted molar refractivity (Wildman–Crippen MR) is 126 cm³/mol. The number of carbonyl (C=O) groups excluding carboxylic acids is 1. The van der Waals surface area contributed by atoms with Crippen LogP contribution in [-0.2, 0) is 21.2 Å². The molecule has 1 aliphatic heterocycles. The highest BCUT2D eigenvalue weighted by Crippen LogP contribution is 2.14. The fraction of sp³-hybridized carbons (Fsp3) is 0.652. The standard InChI is InChI=1S/C23H38N4O3S/c1-2-3-4-5-6-7-8-9-18-31(29,30)27-16-14-26(15-17-27)22(28)19-20-10-12-21(13-11-20)23(24)25/h10-13H,2-9,14-19H2,1H3,(H3,24,25). The maximum atomic E-state index is 12.6. The highest BCUT2D eigenvalue weighted by atomic mass is 32.2. The first-order valence-electron chi connectivity index (χ1n) is 11.5. The molecular formula is C23H38N4O3S. The quantitative estimate of drug-likeness (QED) is 0.273. The summed E-state index contributed by atoms with van der Waals surface area (Å²) < 4.78 is 26.8. The summed E-state index contributed by atoms with van der Waals surface area (Å²) in [5.41, 5.74) is 6.94. The Morgan fingerprint density at radius 1 is 0.935 bits per heavy atom. The van der Waals surface area contributed by atoms with Gasteiger partial charge in [-0.2, -0.15) is 4.31 Å². The molecule has 0 atom stereocenters. The third-order valence-corrected chi connectivity index (χ3v) is 7.82. The third kappa shape index (κ3) is 8.61. The molecule has 1 amide bonds. The number of hydrogen-bond acceptors (Lipinski definition) is 4. The first kappa shape index (κ1) is 25.3. The summed E-state index contributed by atoms with van der Waals surface area (Å²) in [5, 5.41) is 7.42. The molecule has 2 rings (SSSR count). The normalized spacial score (nSPS) is 15.2. The molecule has 0 spiro atoms. The zero-order chi connectivity index (χ0) is 22.7. The van der Waals surface area contributed by atoms with Crippen LogP contribution in [0.3, 0.4) is 0 Å². The molecule has 1 heterocycles. The molecule has 0 aliphatic carbocycles. The number of amides is 1. The van der Waals surface area contributed by atoms with E-state index in [4.69, 9.17) is 11.1 Å². The van der Waals surface area contributed by atoms with Gasteiger partial charge in [0.25, 0.3) is 0 Å². The van der Waals surface area contributed by atoms with Crippen LogP contribution < -0.4 is 5.73 Å². The van der Waals surface area contributed by atoms with E-state index in [9.17, 15) is 13.2 Å². The molecule has 0 aromatic heterocycles. The van der Waals surface area contributed by atoms with Gasteiger partial charge < -0.3 is 10.6 Å². The molecule has 0 saturated carbocycles. The number of carbonyl (C=O) groups is 1. The summed E-state index contributed by atoms with van der Waals surface area (Å²) in [5.74, 6) is 0.205. The van der Waals surface area contributed by atoms with E-state index in [0.717, 1.165) is 18.4 Å². The zero-order valence-corrected chi connectivity index (χ0v) is 19.6. The van der Waals surface area contributed by atoms with Gasteiger partial charge in [-0.05, 0) is 12.0 Å². The molecular weight excluding hydrogens is 412 g/mol. The lowest BCUT2D eigenvalue weighted by atomic mass is 10.1. The first-order chi connectivity index (χ1) is 14.8. The monoisotopic (exact) mass is 450 g/mol. The summed E-state index contributed by atoms with van der Waals surface area (Å²) in [4.78, 5) is 14.3. The van der Waals surface area contributed by atoms with E-state index in [0.29, 0.717) is 38.2 Å². The van der Waals surface area contributed by atoms with E-state index in [1.807, 2.05) is 0 Å². The molecule has 31 heavy (non-hydrogen) atoms. The highest BCUT2D eigenvalue weighted by Gasteiger charge is 2.28. The molecule has 8 heteroatoms. The van der Waals surface area contributed by atoms with E-state index in [-0.39, 0.29) is 23.9 Å². The van der Waals surface area contributed by atoms with Gasteiger partial charge in [-0.15, -0.1) is 0 Å². The van der Waals surface area contributed by atoms with Gasteiger partial charge in [0.15, 0.2) is 0 Å². The number of nitrogen functional groups attached to an aromatic ring is 1. The second-order valence-corrected chi connectivity index (χ2v) is 10.4. The number of nitrogens with one attached hydrogen (secondary N) is 1. The van der Waals surface area contributed by atoms with Crippen molar-refractivity contribution in [3.05, 3.63) is 35.4 Å². The Kier molecular flexibility index (Phi) is 10.5. The zero-order valence-electron chi connectivity index (χ0n) is 18.8. The van der Waals surface area contributed by atoms with Crippen LogP contribution in [0.5, 0.6) is 0 Å². The van der Waals surface area contributed by atoms with Gasteiger partial charge in [-0.25, -0.2) is 8.42 Å². The van der Waals surface area contributed by atoms with Crippen LogP contribution in [0.4, 0.5) is 0 Å². The van der Waals surface area contributed by atoms with E-state index in [1.165, 1.54) is 32.1 Å². The van der Waals surface area contributed by atoms with Crippen LogP contribution in [0, 0.1) is 5.41 Å². The van der Waals surface area contributed by atoms with Crippen LogP contribution in [0.1, 0.15) is 69.4 Å². The summed E-state index contributed by atoms with van der Waals surface area (Å²) in [6.07, 6.45) is 9.30. The molecule has 174 valence electrons. The largest absolute Gasteiger partial charge is 0.384 e. The predicted octanol–water partition coefficient (Wildman–Crippen LogP) is 3.13. The number of amidine groups is 1. The molecule has 1 saturated heterocycles. The molecule has 0 unspecified atom stereocenters. The number of piperazine rings is 1. The number of sulfonamides is 1. The number of nitrogens with zero attached hydrogens (tertiary/aromatic N) is 2. The van der Waals surface area contributed by atoms with E-state index in [1.54, 1.807) is 33.5 Å². The Balaban J connectivity index is 1.69. The Bertz CT molecular complexity index is 801. The van der Waals surface area contributed by atoms with E-state index >= 15 is 0 Å². The smallest absolute Gasteiger partial charge is 0.227 e. The SMILES string of the molecule is CCCCCCCCCCS(=O)(=O)N1CCN(C(=O)Cc2ccc(C(=N)N)cc2)CC1. The molecule has 1 aromatic carbocycles. The van der Waals surface area contributed by atoms with Crippen molar-refractivity contribution in [2.75, 3.05) is 31.9 Å². The van der Waals surface area contributed by atoms with Crippen molar-refractivity contribution in [2.24, 2.45) is 5.73 Å². The molecule has 3 N–H and O–H groups in total. The number of hydrogen-bond donors (Lipinski definition) is 2. The number of benzene rings is 1. The lowest BCUT2D eigenvalue weighted by Gasteiger charge is -2.34. The lowest BCUT2D eigenvalue weighted by Crippen LogP contribution is -2.51. The van der Waals surface area contributed by atoms with Crippen molar-refractivity contribution in [2.45, 2.75) is 64.7 Å². The summed E-state index contributed by atoms with van der Waals surface area (Å²) in [6, 6.07) is 7.08. The molecule has 1 aliphatic rings. The van der Waals surface area contributed by atoms with Crippen molar-refractivity contribution < 1.29 is 13.2 Å². The fourth-order valence-corrected chi connectivity index (χ4v) is 5.40. The van der Waals surface area contributed by atoms with E-state index < -0.39 is 10.0 Å². The summed E-state index contributed by atoms with van der Waals surface area (Å²) >= 11 is 0. The third-order valence-electron chi connectivity index (χ3n) is 5.86. The van der Waals surface area contributed by atoms with Crippen LogP contribution in [0.25, 0.3) is 0 Å². The maximum Gasteiger partial charge on any atom is 0.227 e. The first-order valence-corrected chi connectivity index (χ1v) is 13.1. The highest BCUT2D eigenvalue weighted by molar-refractivity contribution is 7.89. The molecule has 1 fully saturated rings. The second-order valence-electron chi connectivity index (χ2n) is 8.36. The maximum absolute atomic E-state index is 12.6.